The molecular weight excluding hydrogens is 191 g/mol. The van der Waals surface area contributed by atoms with Crippen molar-refractivity contribution >= 4 is 25.6 Å². The van der Waals surface area contributed by atoms with Crippen LogP contribution in [0.4, 0.5) is 0 Å². The zero-order valence-corrected chi connectivity index (χ0v) is 8.27. The van der Waals surface area contributed by atoms with Gasteiger partial charge in [-0.2, -0.15) is 0 Å². The van der Waals surface area contributed by atoms with Crippen molar-refractivity contribution in [3.8, 4) is 5.75 Å². The smallest absolute Gasteiger partial charge is 0.308 e. The maximum atomic E-state index is 10.8. The van der Waals surface area contributed by atoms with E-state index in [9.17, 15) is 9.59 Å². The first-order valence-electron chi connectivity index (χ1n) is 4.34. The molecule has 0 aromatic heterocycles. The molecule has 0 saturated heterocycles. The summed E-state index contributed by atoms with van der Waals surface area (Å²) in [4.78, 5) is 21.3. The van der Waals surface area contributed by atoms with Gasteiger partial charge < -0.3 is 9.53 Å². The van der Waals surface area contributed by atoms with Gasteiger partial charge >= 0.3 is 5.97 Å². The lowest BCUT2D eigenvalue weighted by atomic mass is 10.0. The van der Waals surface area contributed by atoms with Crippen molar-refractivity contribution in [3.63, 3.8) is 0 Å². The molecule has 0 saturated carbocycles. The number of rotatable bonds is 3. The number of para-hydroxylation sites is 1. The van der Waals surface area contributed by atoms with Crippen molar-refractivity contribution < 1.29 is 14.3 Å². The molecule has 4 heteroatoms. The maximum absolute atomic E-state index is 10.8. The van der Waals surface area contributed by atoms with Gasteiger partial charge in [0.05, 0.1) is 5.68 Å². The Morgan fingerprint density at radius 3 is 2.60 bits per heavy atom. The predicted octanol–water partition coefficient (Wildman–Crippen LogP) is 1.32. The summed E-state index contributed by atoms with van der Waals surface area (Å²) in [6.07, 6.45) is 2.71. The van der Waals surface area contributed by atoms with Gasteiger partial charge in [-0.3, -0.25) is 4.79 Å². The molecule has 0 aliphatic rings. The van der Waals surface area contributed by atoms with Crippen LogP contribution in [0.3, 0.4) is 0 Å². The molecule has 0 unspecified atom stereocenters. The van der Waals surface area contributed by atoms with Crippen LogP contribution in [0.25, 0.3) is 6.08 Å². The topological polar surface area (TPSA) is 43.4 Å². The molecule has 1 aromatic rings. The third-order valence-electron chi connectivity index (χ3n) is 1.60. The van der Waals surface area contributed by atoms with Crippen LogP contribution in [0.2, 0.25) is 0 Å². The quantitative estimate of drug-likeness (QED) is 0.320. The van der Waals surface area contributed by atoms with E-state index >= 15 is 0 Å². The summed E-state index contributed by atoms with van der Waals surface area (Å²) < 4.78 is 4.94. The number of ether oxygens (including phenoxy) is 1. The molecule has 0 aliphatic heterocycles. The number of carbonyl (C=O) groups excluding carboxylic acids is 2. The molecule has 0 bridgehead atoms. The van der Waals surface area contributed by atoms with Gasteiger partial charge in [-0.15, -0.1) is 0 Å². The Morgan fingerprint density at radius 1 is 1.33 bits per heavy atom. The number of carbonyl (C=O) groups is 2. The second-order valence-electron chi connectivity index (χ2n) is 2.87. The standard InChI is InChI=1S/C11H9BO3/c1-8(13)15-10-5-3-2-4-9(10)6-7-11(12)14/h2-7H,1H3/b7-6-. The highest BCUT2D eigenvalue weighted by atomic mass is 16.5. The SMILES string of the molecule is [B]C(=O)/C=C\c1ccccc1OC(C)=O. The fourth-order valence-electron chi connectivity index (χ4n) is 1.04. The molecule has 0 fully saturated rings. The van der Waals surface area contributed by atoms with Crippen LogP contribution in [-0.2, 0) is 9.59 Å². The Hall–Kier alpha value is -1.84. The van der Waals surface area contributed by atoms with E-state index in [1.54, 1.807) is 24.3 Å². The van der Waals surface area contributed by atoms with Gasteiger partial charge in [0, 0.05) is 12.5 Å². The molecule has 2 radical (unpaired) electrons. The van der Waals surface area contributed by atoms with Crippen molar-refractivity contribution in [1.29, 1.82) is 0 Å². The molecule has 0 N–H and O–H groups in total. The van der Waals surface area contributed by atoms with Gasteiger partial charge in [-0.1, -0.05) is 18.2 Å². The third-order valence-corrected chi connectivity index (χ3v) is 1.60. The molecule has 1 rings (SSSR count). The first-order chi connectivity index (χ1) is 7.09. The minimum absolute atomic E-state index is 0.405. The van der Waals surface area contributed by atoms with Crippen LogP contribution < -0.4 is 4.74 Å². The normalized spacial score (nSPS) is 10.2. The van der Waals surface area contributed by atoms with Gasteiger partial charge in [0.25, 0.3) is 0 Å². The molecule has 0 aliphatic carbocycles. The summed E-state index contributed by atoms with van der Waals surface area (Å²) in [6.45, 7) is 1.31. The van der Waals surface area contributed by atoms with Crippen LogP contribution in [-0.4, -0.2) is 19.5 Å². The number of esters is 1. The predicted molar refractivity (Wildman–Crippen MR) is 57.5 cm³/mol. The van der Waals surface area contributed by atoms with E-state index in [0.717, 1.165) is 0 Å². The van der Waals surface area contributed by atoms with Crippen LogP contribution in [0, 0.1) is 0 Å². The second kappa shape index (κ2) is 5.15. The minimum atomic E-state index is -0.548. The highest BCUT2D eigenvalue weighted by Crippen LogP contribution is 2.19. The van der Waals surface area contributed by atoms with Gasteiger partial charge in [-0.25, -0.2) is 0 Å². The maximum Gasteiger partial charge on any atom is 0.308 e. The molecule has 15 heavy (non-hydrogen) atoms. The zero-order valence-electron chi connectivity index (χ0n) is 8.27. The summed E-state index contributed by atoms with van der Waals surface area (Å²) in [5.41, 5.74) is 0.0825. The van der Waals surface area contributed by atoms with Crippen LogP contribution in [0.15, 0.2) is 30.3 Å². The van der Waals surface area contributed by atoms with Gasteiger partial charge in [0.2, 0.25) is 0 Å². The molecule has 0 heterocycles. The average molecular weight is 200 g/mol. The summed E-state index contributed by atoms with van der Waals surface area (Å²) in [6, 6.07) is 6.87. The van der Waals surface area contributed by atoms with E-state index in [-0.39, 0.29) is 0 Å². The lowest BCUT2D eigenvalue weighted by molar-refractivity contribution is -0.131. The van der Waals surface area contributed by atoms with Gasteiger partial charge in [0.1, 0.15) is 5.75 Å². The number of allylic oxidation sites excluding steroid dienone is 1. The van der Waals surface area contributed by atoms with Gasteiger partial charge in [-0.05, 0) is 18.2 Å². The fourth-order valence-corrected chi connectivity index (χ4v) is 1.04. The third kappa shape index (κ3) is 3.81. The summed E-state index contributed by atoms with van der Waals surface area (Å²) in [5, 5.41) is 0. The lowest BCUT2D eigenvalue weighted by Crippen LogP contribution is -2.02. The molecule has 74 valence electrons. The van der Waals surface area contributed by atoms with Crippen LogP contribution in [0.1, 0.15) is 12.5 Å². The lowest BCUT2D eigenvalue weighted by Gasteiger charge is -2.04. The average Bonchev–Trinajstić information content (AvgIpc) is 2.15. The fraction of sp³-hybridized carbons (Fsp3) is 0.0909. The Morgan fingerprint density at radius 2 is 2.00 bits per heavy atom. The number of hydrogen-bond acceptors (Lipinski definition) is 3. The van der Waals surface area contributed by atoms with Crippen molar-refractivity contribution in [3.05, 3.63) is 35.9 Å². The van der Waals surface area contributed by atoms with Crippen molar-refractivity contribution in [2.24, 2.45) is 0 Å². The van der Waals surface area contributed by atoms with E-state index in [4.69, 9.17) is 12.6 Å². The minimum Gasteiger partial charge on any atom is -0.426 e. The molecular formula is C11H9BO3. The molecule has 0 spiro atoms. The first-order valence-corrected chi connectivity index (χ1v) is 4.34. The number of benzene rings is 1. The van der Waals surface area contributed by atoms with E-state index in [1.807, 2.05) is 0 Å². The Balaban J connectivity index is 2.95. The van der Waals surface area contributed by atoms with E-state index in [0.29, 0.717) is 11.3 Å². The van der Waals surface area contributed by atoms with Crippen LogP contribution >= 0.6 is 0 Å². The van der Waals surface area contributed by atoms with Gasteiger partial charge in [0.15, 0.2) is 7.85 Å². The first kappa shape index (κ1) is 11.2. The Bertz CT molecular complexity index is 410. The Kier molecular flexibility index (Phi) is 3.86. The van der Waals surface area contributed by atoms with Crippen molar-refractivity contribution in [2.75, 3.05) is 0 Å². The summed E-state index contributed by atoms with van der Waals surface area (Å²) in [7, 11) is 4.96. The highest BCUT2D eigenvalue weighted by Gasteiger charge is 2.02. The highest BCUT2D eigenvalue weighted by molar-refractivity contribution is 6.61. The van der Waals surface area contributed by atoms with Crippen molar-refractivity contribution in [1.82, 2.24) is 0 Å². The largest absolute Gasteiger partial charge is 0.426 e. The molecule has 0 atom stereocenters. The van der Waals surface area contributed by atoms with Crippen molar-refractivity contribution in [2.45, 2.75) is 6.92 Å². The van der Waals surface area contributed by atoms with E-state index < -0.39 is 11.7 Å². The van der Waals surface area contributed by atoms with E-state index in [1.165, 1.54) is 19.1 Å². The van der Waals surface area contributed by atoms with Crippen LogP contribution in [0.5, 0.6) is 5.75 Å². The monoisotopic (exact) mass is 200 g/mol. The summed E-state index contributed by atoms with van der Waals surface area (Å²) >= 11 is 0. The molecule has 0 amide bonds. The zero-order chi connectivity index (χ0) is 11.3. The number of hydrogen-bond donors (Lipinski definition) is 0. The van der Waals surface area contributed by atoms with E-state index in [2.05, 4.69) is 0 Å². The second-order valence-corrected chi connectivity index (χ2v) is 2.87. The summed E-state index contributed by atoms with van der Waals surface area (Å²) in [5.74, 6) is -0.00238. The Labute approximate surface area is 89.2 Å². The molecule has 3 nitrogen and oxygen atoms in total. The molecule has 1 aromatic carbocycles.